The van der Waals surface area contributed by atoms with Gasteiger partial charge in [-0.1, -0.05) is 12.1 Å². The number of benzene rings is 1. The SMILES string of the molecule is COCCN(CCOC)C1=C(c2ccc(NC(C)=O)cc2)C(=O)N(CC2CCCO2)C1=O. The van der Waals surface area contributed by atoms with E-state index in [4.69, 9.17) is 14.2 Å². The quantitative estimate of drug-likeness (QED) is 0.516. The van der Waals surface area contributed by atoms with E-state index >= 15 is 0 Å². The lowest BCUT2D eigenvalue weighted by molar-refractivity contribution is -0.139. The Hall–Kier alpha value is -2.75. The summed E-state index contributed by atoms with van der Waals surface area (Å²) in [5, 5.41) is 2.71. The minimum Gasteiger partial charge on any atom is -0.383 e. The van der Waals surface area contributed by atoms with Gasteiger partial charge in [0.25, 0.3) is 11.8 Å². The van der Waals surface area contributed by atoms with Crippen LogP contribution in [0.3, 0.4) is 0 Å². The van der Waals surface area contributed by atoms with Crippen LogP contribution in [0.4, 0.5) is 5.69 Å². The second-order valence-electron chi connectivity index (χ2n) is 7.81. The van der Waals surface area contributed by atoms with Crippen molar-refractivity contribution in [2.24, 2.45) is 0 Å². The van der Waals surface area contributed by atoms with Crippen LogP contribution >= 0.6 is 0 Å². The van der Waals surface area contributed by atoms with Crippen LogP contribution in [-0.2, 0) is 28.6 Å². The molecule has 0 bridgehead atoms. The van der Waals surface area contributed by atoms with Gasteiger partial charge in [-0.05, 0) is 30.5 Å². The van der Waals surface area contributed by atoms with Crippen LogP contribution in [0.15, 0.2) is 30.0 Å². The molecular weight excluding hydrogens is 414 g/mol. The lowest BCUT2D eigenvalue weighted by atomic mass is 10.0. The molecule has 1 N–H and O–H groups in total. The number of amides is 3. The molecule has 2 heterocycles. The third-order valence-corrected chi connectivity index (χ3v) is 5.49. The number of hydrogen-bond donors (Lipinski definition) is 1. The Balaban J connectivity index is 1.98. The van der Waals surface area contributed by atoms with E-state index in [1.165, 1.54) is 11.8 Å². The van der Waals surface area contributed by atoms with E-state index in [1.807, 2.05) is 4.90 Å². The number of nitrogens with one attached hydrogen (secondary N) is 1. The highest BCUT2D eigenvalue weighted by atomic mass is 16.5. The number of hydrogen-bond acceptors (Lipinski definition) is 7. The zero-order valence-electron chi connectivity index (χ0n) is 18.9. The summed E-state index contributed by atoms with van der Waals surface area (Å²) >= 11 is 0. The van der Waals surface area contributed by atoms with Crippen molar-refractivity contribution in [1.82, 2.24) is 9.80 Å². The summed E-state index contributed by atoms with van der Waals surface area (Å²) in [4.78, 5) is 41.4. The van der Waals surface area contributed by atoms with Crippen molar-refractivity contribution in [2.75, 3.05) is 59.0 Å². The van der Waals surface area contributed by atoms with Gasteiger partial charge in [0.05, 0.1) is 31.4 Å². The average molecular weight is 446 g/mol. The summed E-state index contributed by atoms with van der Waals surface area (Å²) in [5.41, 5.74) is 1.91. The highest BCUT2D eigenvalue weighted by molar-refractivity contribution is 6.35. The Bertz CT molecular complexity index is 853. The third-order valence-electron chi connectivity index (χ3n) is 5.49. The maximum Gasteiger partial charge on any atom is 0.277 e. The zero-order chi connectivity index (χ0) is 23.1. The highest BCUT2D eigenvalue weighted by Crippen LogP contribution is 2.33. The van der Waals surface area contributed by atoms with Gasteiger partial charge in [0.2, 0.25) is 5.91 Å². The number of anilines is 1. The van der Waals surface area contributed by atoms with Crippen molar-refractivity contribution >= 4 is 29.0 Å². The second kappa shape index (κ2) is 11.2. The molecule has 3 amide bonds. The van der Waals surface area contributed by atoms with E-state index in [0.717, 1.165) is 12.8 Å². The Kier molecular flexibility index (Phi) is 8.38. The van der Waals surface area contributed by atoms with Crippen LogP contribution in [0.5, 0.6) is 0 Å². The van der Waals surface area contributed by atoms with Crippen molar-refractivity contribution in [3.8, 4) is 0 Å². The normalized spacial score (nSPS) is 18.6. The monoisotopic (exact) mass is 445 g/mol. The van der Waals surface area contributed by atoms with E-state index < -0.39 is 0 Å². The first kappa shape index (κ1) is 23.9. The molecule has 174 valence electrons. The molecule has 32 heavy (non-hydrogen) atoms. The van der Waals surface area contributed by atoms with Crippen LogP contribution in [0.2, 0.25) is 0 Å². The Morgan fingerprint density at radius 2 is 1.78 bits per heavy atom. The summed E-state index contributed by atoms with van der Waals surface area (Å²) < 4.78 is 16.1. The van der Waals surface area contributed by atoms with Gasteiger partial charge in [-0.25, -0.2) is 0 Å². The fourth-order valence-corrected chi connectivity index (χ4v) is 3.94. The molecule has 9 heteroatoms. The Morgan fingerprint density at radius 3 is 2.31 bits per heavy atom. The number of imide groups is 1. The Labute approximate surface area is 188 Å². The van der Waals surface area contributed by atoms with Crippen molar-refractivity contribution < 1.29 is 28.6 Å². The summed E-state index contributed by atoms with van der Waals surface area (Å²) in [6.45, 7) is 3.99. The predicted octanol–water partition coefficient (Wildman–Crippen LogP) is 1.50. The fourth-order valence-electron chi connectivity index (χ4n) is 3.94. The number of nitrogens with zero attached hydrogens (tertiary/aromatic N) is 2. The fraction of sp³-hybridized carbons (Fsp3) is 0.522. The van der Waals surface area contributed by atoms with Crippen molar-refractivity contribution in [1.29, 1.82) is 0 Å². The molecule has 1 saturated heterocycles. The van der Waals surface area contributed by atoms with Gasteiger partial charge in [0, 0.05) is 46.5 Å². The molecular formula is C23H31N3O6. The lowest BCUT2D eigenvalue weighted by Crippen LogP contribution is -2.41. The van der Waals surface area contributed by atoms with Crippen LogP contribution in [0.1, 0.15) is 25.3 Å². The number of rotatable bonds is 11. The maximum absolute atomic E-state index is 13.5. The molecule has 2 aliphatic rings. The molecule has 0 spiro atoms. The highest BCUT2D eigenvalue weighted by Gasteiger charge is 2.42. The first-order valence-electron chi connectivity index (χ1n) is 10.8. The molecule has 1 unspecified atom stereocenters. The van der Waals surface area contributed by atoms with Crippen molar-refractivity contribution in [2.45, 2.75) is 25.9 Å². The smallest absolute Gasteiger partial charge is 0.277 e. The van der Waals surface area contributed by atoms with Crippen LogP contribution < -0.4 is 5.32 Å². The molecule has 9 nitrogen and oxygen atoms in total. The third kappa shape index (κ3) is 5.53. The summed E-state index contributed by atoms with van der Waals surface area (Å²) in [6.07, 6.45) is 1.61. The van der Waals surface area contributed by atoms with Gasteiger partial charge in [-0.2, -0.15) is 0 Å². The van der Waals surface area contributed by atoms with Gasteiger partial charge < -0.3 is 24.4 Å². The van der Waals surface area contributed by atoms with Gasteiger partial charge in [-0.15, -0.1) is 0 Å². The van der Waals surface area contributed by atoms with E-state index in [1.54, 1.807) is 38.5 Å². The summed E-state index contributed by atoms with van der Waals surface area (Å²) in [5.74, 6) is -0.857. The molecule has 2 aliphatic heterocycles. The maximum atomic E-state index is 13.5. The number of carbonyl (C=O) groups excluding carboxylic acids is 3. The zero-order valence-corrected chi connectivity index (χ0v) is 18.9. The molecule has 1 fully saturated rings. The van der Waals surface area contributed by atoms with Crippen LogP contribution in [0, 0.1) is 0 Å². The van der Waals surface area contributed by atoms with Crippen molar-refractivity contribution in [3.05, 3.63) is 35.5 Å². The van der Waals surface area contributed by atoms with Gasteiger partial charge in [0.1, 0.15) is 5.70 Å². The minimum atomic E-state index is -0.340. The Morgan fingerprint density at radius 1 is 1.12 bits per heavy atom. The molecule has 0 saturated carbocycles. The van der Waals surface area contributed by atoms with Gasteiger partial charge in [0.15, 0.2) is 0 Å². The van der Waals surface area contributed by atoms with E-state index in [2.05, 4.69) is 5.32 Å². The standard InChI is InChI=1S/C23H31N3O6/c1-16(27)24-18-8-6-17(7-9-18)20-21(25(10-13-30-2)11-14-31-3)23(29)26(22(20)28)15-19-5-4-12-32-19/h6-9,19H,4-5,10-15H2,1-3H3,(H,24,27). The van der Waals surface area contributed by atoms with Crippen LogP contribution in [0.25, 0.3) is 5.57 Å². The second-order valence-corrected chi connectivity index (χ2v) is 7.81. The first-order valence-corrected chi connectivity index (χ1v) is 10.8. The molecule has 3 rings (SSSR count). The molecule has 0 aromatic heterocycles. The van der Waals surface area contributed by atoms with E-state index in [-0.39, 0.29) is 30.4 Å². The number of carbonyl (C=O) groups is 3. The number of ether oxygens (including phenoxy) is 3. The predicted molar refractivity (Wildman–Crippen MR) is 119 cm³/mol. The van der Waals surface area contributed by atoms with Crippen molar-refractivity contribution in [3.63, 3.8) is 0 Å². The minimum absolute atomic E-state index is 0.142. The number of methoxy groups -OCH3 is 2. The van der Waals surface area contributed by atoms with Gasteiger partial charge in [-0.3, -0.25) is 19.3 Å². The molecule has 1 atom stereocenters. The largest absolute Gasteiger partial charge is 0.383 e. The lowest BCUT2D eigenvalue weighted by Gasteiger charge is -2.26. The van der Waals surface area contributed by atoms with Crippen LogP contribution in [-0.4, -0.2) is 87.3 Å². The topological polar surface area (TPSA) is 97.4 Å². The molecule has 0 radical (unpaired) electrons. The first-order chi connectivity index (χ1) is 15.5. The summed E-state index contributed by atoms with van der Waals surface area (Å²) in [7, 11) is 3.19. The molecule has 1 aromatic rings. The van der Waals surface area contributed by atoms with Gasteiger partial charge >= 0.3 is 0 Å². The summed E-state index contributed by atoms with van der Waals surface area (Å²) in [6, 6.07) is 6.92. The average Bonchev–Trinajstić information content (AvgIpc) is 3.37. The molecule has 1 aromatic carbocycles. The molecule has 0 aliphatic carbocycles. The van der Waals surface area contributed by atoms with E-state index in [9.17, 15) is 14.4 Å². The van der Waals surface area contributed by atoms with E-state index in [0.29, 0.717) is 55.4 Å².